The van der Waals surface area contributed by atoms with E-state index in [-0.39, 0.29) is 27.4 Å². The van der Waals surface area contributed by atoms with Crippen LogP contribution < -0.4 is 10.0 Å². The molecule has 1 heterocycles. The minimum atomic E-state index is -3.88. The van der Waals surface area contributed by atoms with Crippen molar-refractivity contribution in [3.05, 3.63) is 64.2 Å². The molecule has 33 heavy (non-hydrogen) atoms. The average Bonchev–Trinajstić information content (AvgIpc) is 2.74. The molecular formula is C24H32ClN3O4S. The molecule has 1 fully saturated rings. The molecule has 0 radical (unpaired) electrons. The molecule has 0 aliphatic carbocycles. The fourth-order valence-corrected chi connectivity index (χ4v) is 5.68. The van der Waals surface area contributed by atoms with Crippen LogP contribution in [0, 0.1) is 6.92 Å². The van der Waals surface area contributed by atoms with E-state index in [9.17, 15) is 13.2 Å². The highest BCUT2D eigenvalue weighted by Crippen LogP contribution is 2.25. The Balaban J connectivity index is 1.79. The zero-order chi connectivity index (χ0) is 24.2. The zero-order valence-corrected chi connectivity index (χ0v) is 21.1. The summed E-state index contributed by atoms with van der Waals surface area (Å²) < 4.78 is 33.6. The van der Waals surface area contributed by atoms with E-state index >= 15 is 0 Å². The first-order chi connectivity index (χ1) is 15.5. The lowest BCUT2D eigenvalue weighted by Gasteiger charge is -2.35. The zero-order valence-electron chi connectivity index (χ0n) is 19.5. The number of aryl methyl sites for hydroxylation is 1. The Labute approximate surface area is 201 Å². The molecule has 1 saturated heterocycles. The van der Waals surface area contributed by atoms with Crippen LogP contribution in [-0.2, 0) is 14.8 Å². The second-order valence-electron chi connectivity index (χ2n) is 9.29. The van der Waals surface area contributed by atoms with Crippen molar-refractivity contribution in [1.29, 1.82) is 0 Å². The number of hydrogen-bond donors (Lipinski definition) is 2. The lowest BCUT2D eigenvalue weighted by atomic mass is 10.0. The summed E-state index contributed by atoms with van der Waals surface area (Å²) in [6, 6.07) is 12.5. The van der Waals surface area contributed by atoms with Gasteiger partial charge in [-0.05, 0) is 51.5 Å². The molecule has 0 bridgehead atoms. The molecule has 3 rings (SSSR count). The van der Waals surface area contributed by atoms with E-state index in [1.165, 1.54) is 23.8 Å². The summed E-state index contributed by atoms with van der Waals surface area (Å²) in [6.45, 7) is 10.5. The summed E-state index contributed by atoms with van der Waals surface area (Å²) in [4.78, 5) is 15.2. The molecule has 180 valence electrons. The number of nitrogens with one attached hydrogen (secondary N) is 2. The number of ether oxygens (including phenoxy) is 1. The van der Waals surface area contributed by atoms with Gasteiger partial charge in [0.05, 0.1) is 24.3 Å². The van der Waals surface area contributed by atoms with Crippen LogP contribution in [0.1, 0.15) is 48.3 Å². The number of sulfonamides is 1. The molecular weight excluding hydrogens is 462 g/mol. The van der Waals surface area contributed by atoms with E-state index in [1.54, 1.807) is 20.8 Å². The first kappa shape index (κ1) is 25.6. The summed E-state index contributed by atoms with van der Waals surface area (Å²) in [5.41, 5.74) is 1.83. The van der Waals surface area contributed by atoms with Crippen LogP contribution in [0.25, 0.3) is 0 Å². The van der Waals surface area contributed by atoms with E-state index in [0.717, 1.165) is 18.7 Å². The Hall–Kier alpha value is -1.97. The lowest BCUT2D eigenvalue weighted by Crippen LogP contribution is -2.44. The number of rotatable bonds is 7. The standard InChI is InChI=1S/C24H32ClN3O4S/c1-17-5-7-18(8-6-17)21(28-11-13-32-14-12-28)16-26-23(29)19-9-10-20(25)22(15-19)33(30,31)27-24(2,3)4/h5-10,15,21,27H,11-14,16H2,1-4H3,(H,26,29). The third-order valence-electron chi connectivity index (χ3n) is 5.33. The van der Waals surface area contributed by atoms with Gasteiger partial charge >= 0.3 is 0 Å². The largest absolute Gasteiger partial charge is 0.379 e. The van der Waals surface area contributed by atoms with Gasteiger partial charge in [0.25, 0.3) is 5.91 Å². The van der Waals surface area contributed by atoms with Crippen molar-refractivity contribution in [3.63, 3.8) is 0 Å². The molecule has 2 aromatic carbocycles. The number of benzene rings is 2. The van der Waals surface area contributed by atoms with Crippen molar-refractivity contribution in [2.75, 3.05) is 32.8 Å². The normalized spacial score (nSPS) is 16.4. The SMILES string of the molecule is Cc1ccc(C(CNC(=O)c2ccc(Cl)c(S(=O)(=O)NC(C)(C)C)c2)N2CCOCC2)cc1. The molecule has 0 saturated carbocycles. The number of hydrogen-bond acceptors (Lipinski definition) is 5. The third kappa shape index (κ3) is 7.01. The summed E-state index contributed by atoms with van der Waals surface area (Å²) in [5.74, 6) is -0.357. The Morgan fingerprint density at radius 3 is 2.36 bits per heavy atom. The molecule has 0 aromatic heterocycles. The van der Waals surface area contributed by atoms with Crippen LogP contribution in [-0.4, -0.2) is 57.6 Å². The van der Waals surface area contributed by atoms with E-state index in [1.807, 2.05) is 6.92 Å². The first-order valence-corrected chi connectivity index (χ1v) is 12.8. The predicted molar refractivity (Wildman–Crippen MR) is 130 cm³/mol. The van der Waals surface area contributed by atoms with Crippen LogP contribution in [0.4, 0.5) is 0 Å². The second-order valence-corrected chi connectivity index (χ2v) is 11.3. The van der Waals surface area contributed by atoms with Crippen LogP contribution in [0.2, 0.25) is 5.02 Å². The van der Waals surface area contributed by atoms with Crippen molar-refractivity contribution >= 4 is 27.5 Å². The van der Waals surface area contributed by atoms with Gasteiger partial charge in [-0.15, -0.1) is 0 Å². The van der Waals surface area contributed by atoms with Gasteiger partial charge in [-0.1, -0.05) is 41.4 Å². The number of carbonyl (C=O) groups is 1. The minimum Gasteiger partial charge on any atom is -0.379 e. The first-order valence-electron chi connectivity index (χ1n) is 11.0. The van der Waals surface area contributed by atoms with Gasteiger partial charge in [-0.25, -0.2) is 13.1 Å². The van der Waals surface area contributed by atoms with Crippen molar-refractivity contribution < 1.29 is 17.9 Å². The van der Waals surface area contributed by atoms with Crippen molar-refractivity contribution in [3.8, 4) is 0 Å². The maximum atomic E-state index is 13.0. The highest BCUT2D eigenvalue weighted by Gasteiger charge is 2.26. The highest BCUT2D eigenvalue weighted by atomic mass is 35.5. The number of morpholine rings is 1. The maximum Gasteiger partial charge on any atom is 0.251 e. The van der Waals surface area contributed by atoms with Gasteiger partial charge in [0, 0.05) is 30.7 Å². The number of nitrogens with zero attached hydrogens (tertiary/aromatic N) is 1. The van der Waals surface area contributed by atoms with Gasteiger partial charge < -0.3 is 10.1 Å². The van der Waals surface area contributed by atoms with E-state index < -0.39 is 15.6 Å². The van der Waals surface area contributed by atoms with Crippen LogP contribution in [0.5, 0.6) is 0 Å². The fourth-order valence-electron chi connectivity index (χ4n) is 3.74. The van der Waals surface area contributed by atoms with Gasteiger partial charge in [-0.2, -0.15) is 0 Å². The number of amides is 1. The summed E-state index contributed by atoms with van der Waals surface area (Å²) in [7, 11) is -3.88. The smallest absolute Gasteiger partial charge is 0.251 e. The Kier molecular flexibility index (Phi) is 8.18. The third-order valence-corrected chi connectivity index (χ3v) is 7.57. The molecule has 9 heteroatoms. The number of carbonyl (C=O) groups excluding carboxylic acids is 1. The van der Waals surface area contributed by atoms with E-state index in [4.69, 9.17) is 16.3 Å². The second kappa shape index (κ2) is 10.5. The Morgan fingerprint density at radius 1 is 1.12 bits per heavy atom. The quantitative estimate of drug-likeness (QED) is 0.616. The lowest BCUT2D eigenvalue weighted by molar-refractivity contribution is 0.0162. The predicted octanol–water partition coefficient (Wildman–Crippen LogP) is 3.53. The summed E-state index contributed by atoms with van der Waals surface area (Å²) in [6.07, 6.45) is 0. The molecule has 1 aliphatic rings. The molecule has 1 aliphatic heterocycles. The molecule has 1 unspecified atom stereocenters. The van der Waals surface area contributed by atoms with E-state index in [2.05, 4.69) is 39.2 Å². The monoisotopic (exact) mass is 493 g/mol. The number of halogens is 1. The van der Waals surface area contributed by atoms with Crippen molar-refractivity contribution in [1.82, 2.24) is 14.9 Å². The minimum absolute atomic E-state index is 0.0171. The van der Waals surface area contributed by atoms with Crippen LogP contribution in [0.3, 0.4) is 0 Å². The van der Waals surface area contributed by atoms with Crippen molar-refractivity contribution in [2.24, 2.45) is 0 Å². The molecule has 2 aromatic rings. The molecule has 1 amide bonds. The average molecular weight is 494 g/mol. The molecule has 1 atom stereocenters. The highest BCUT2D eigenvalue weighted by molar-refractivity contribution is 7.89. The Morgan fingerprint density at radius 2 is 1.76 bits per heavy atom. The molecule has 2 N–H and O–H groups in total. The van der Waals surface area contributed by atoms with E-state index in [0.29, 0.717) is 19.8 Å². The Bertz CT molecular complexity index is 1080. The van der Waals surface area contributed by atoms with Gasteiger partial charge in [0.1, 0.15) is 4.90 Å². The van der Waals surface area contributed by atoms with Gasteiger partial charge in [0.15, 0.2) is 0 Å². The summed E-state index contributed by atoms with van der Waals surface area (Å²) in [5, 5.41) is 3.04. The van der Waals surface area contributed by atoms with Crippen LogP contribution in [0.15, 0.2) is 47.4 Å². The molecule has 0 spiro atoms. The van der Waals surface area contributed by atoms with Crippen molar-refractivity contribution in [2.45, 2.75) is 44.2 Å². The summed E-state index contributed by atoms with van der Waals surface area (Å²) >= 11 is 6.17. The van der Waals surface area contributed by atoms with Gasteiger partial charge in [-0.3, -0.25) is 9.69 Å². The van der Waals surface area contributed by atoms with Gasteiger partial charge in [0.2, 0.25) is 10.0 Å². The topological polar surface area (TPSA) is 87.7 Å². The molecule has 7 nitrogen and oxygen atoms in total. The van der Waals surface area contributed by atoms with Crippen LogP contribution >= 0.6 is 11.6 Å². The maximum absolute atomic E-state index is 13.0. The fraction of sp³-hybridized carbons (Fsp3) is 0.458.